The molecule has 2 rings (SSSR count). The zero-order chi connectivity index (χ0) is 15.6. The Bertz CT molecular complexity index is 629. The van der Waals surface area contributed by atoms with Gasteiger partial charge in [-0.3, -0.25) is 0 Å². The predicted molar refractivity (Wildman–Crippen MR) is 95.3 cm³/mol. The summed E-state index contributed by atoms with van der Waals surface area (Å²) in [5.74, 6) is 1.69. The third-order valence-electron chi connectivity index (χ3n) is 3.16. The van der Waals surface area contributed by atoms with E-state index in [2.05, 4.69) is 73.0 Å². The monoisotopic (exact) mass is 367 g/mol. The van der Waals surface area contributed by atoms with Crippen molar-refractivity contribution in [3.63, 3.8) is 0 Å². The summed E-state index contributed by atoms with van der Waals surface area (Å²) >= 11 is 5.38. The van der Waals surface area contributed by atoms with Crippen LogP contribution in [0.25, 0.3) is 10.7 Å². The van der Waals surface area contributed by atoms with Gasteiger partial charge in [-0.15, -0.1) is 11.3 Å². The highest BCUT2D eigenvalue weighted by molar-refractivity contribution is 9.10. The third kappa shape index (κ3) is 3.64. The summed E-state index contributed by atoms with van der Waals surface area (Å²) in [7, 11) is 0. The highest BCUT2D eigenvalue weighted by Crippen LogP contribution is 2.35. The van der Waals surface area contributed by atoms with Crippen molar-refractivity contribution in [3.05, 3.63) is 27.2 Å². The van der Waals surface area contributed by atoms with Crippen molar-refractivity contribution >= 4 is 33.1 Å². The van der Waals surface area contributed by atoms with E-state index in [-0.39, 0.29) is 5.41 Å². The normalized spacial score (nSPS) is 11.7. The summed E-state index contributed by atoms with van der Waals surface area (Å²) in [5, 5.41) is 3.30. The summed E-state index contributed by atoms with van der Waals surface area (Å²) in [5.41, 5.74) is 1.21. The van der Waals surface area contributed by atoms with Gasteiger partial charge < -0.3 is 5.32 Å². The van der Waals surface area contributed by atoms with Crippen LogP contribution in [0.2, 0.25) is 0 Å². The Kier molecular flexibility index (Phi) is 5.04. The number of thiophene rings is 1. The Balaban J connectivity index is 2.48. The Morgan fingerprint density at radius 1 is 1.19 bits per heavy atom. The molecule has 0 aliphatic heterocycles. The lowest BCUT2D eigenvalue weighted by Gasteiger charge is -2.15. The molecule has 0 aliphatic carbocycles. The molecule has 1 N–H and O–H groups in total. The second kappa shape index (κ2) is 6.44. The summed E-state index contributed by atoms with van der Waals surface area (Å²) < 4.78 is 0.975. The molecule has 2 aromatic heterocycles. The molecule has 0 saturated carbocycles. The Hall–Kier alpha value is -0.940. The molecule has 0 fully saturated rings. The van der Waals surface area contributed by atoms with Crippen LogP contribution < -0.4 is 5.32 Å². The van der Waals surface area contributed by atoms with Gasteiger partial charge >= 0.3 is 0 Å². The van der Waals surface area contributed by atoms with Crippen LogP contribution in [0.15, 0.2) is 16.6 Å². The molecular formula is C16H22BrN3S. The van der Waals surface area contributed by atoms with Crippen LogP contribution in [0.4, 0.5) is 5.82 Å². The van der Waals surface area contributed by atoms with Gasteiger partial charge in [-0.25, -0.2) is 9.97 Å². The van der Waals surface area contributed by atoms with Crippen molar-refractivity contribution in [1.82, 2.24) is 9.97 Å². The highest BCUT2D eigenvalue weighted by atomic mass is 79.9. The van der Waals surface area contributed by atoms with Crippen molar-refractivity contribution < 1.29 is 0 Å². The molecule has 0 unspecified atom stereocenters. The van der Waals surface area contributed by atoms with E-state index < -0.39 is 0 Å². The molecule has 3 nitrogen and oxygen atoms in total. The molecule has 5 heteroatoms. The van der Waals surface area contributed by atoms with E-state index in [4.69, 9.17) is 4.98 Å². The van der Waals surface area contributed by atoms with Gasteiger partial charge in [0.15, 0.2) is 5.82 Å². The fraction of sp³-hybridized carbons (Fsp3) is 0.500. The Morgan fingerprint density at radius 3 is 2.43 bits per heavy atom. The van der Waals surface area contributed by atoms with E-state index in [1.54, 1.807) is 11.3 Å². The number of hydrogen-bond donors (Lipinski definition) is 1. The van der Waals surface area contributed by atoms with Gasteiger partial charge in [0.2, 0.25) is 0 Å². The maximum atomic E-state index is 4.71. The molecule has 0 spiro atoms. The molecule has 0 atom stereocenters. The lowest BCUT2D eigenvalue weighted by Crippen LogP contribution is -2.07. The molecular weight excluding hydrogens is 346 g/mol. The average Bonchev–Trinajstić information content (AvgIpc) is 2.91. The highest BCUT2D eigenvalue weighted by Gasteiger charge is 2.19. The summed E-state index contributed by atoms with van der Waals surface area (Å²) in [6.45, 7) is 11.7. The smallest absolute Gasteiger partial charge is 0.171 e. The van der Waals surface area contributed by atoms with E-state index in [1.807, 2.05) is 0 Å². The molecule has 0 aromatic carbocycles. The first kappa shape index (κ1) is 16.4. The first-order valence-corrected chi connectivity index (χ1v) is 8.88. The van der Waals surface area contributed by atoms with Crippen molar-refractivity contribution in [1.29, 1.82) is 0 Å². The topological polar surface area (TPSA) is 37.8 Å². The molecule has 0 amide bonds. The molecule has 0 saturated heterocycles. The average molecular weight is 368 g/mol. The minimum Gasteiger partial charge on any atom is -0.369 e. The molecule has 114 valence electrons. The number of nitrogens with one attached hydrogen (secondary N) is 1. The first-order valence-electron chi connectivity index (χ1n) is 7.27. The molecule has 0 radical (unpaired) electrons. The minimum absolute atomic E-state index is 0.163. The van der Waals surface area contributed by atoms with Gasteiger partial charge in [0.25, 0.3) is 0 Å². The Morgan fingerprint density at radius 2 is 1.90 bits per heavy atom. The van der Waals surface area contributed by atoms with Crippen molar-refractivity contribution in [3.8, 4) is 10.7 Å². The zero-order valence-electron chi connectivity index (χ0n) is 13.2. The predicted octanol–water partition coefficient (Wildman–Crippen LogP) is 5.26. The van der Waals surface area contributed by atoms with Gasteiger partial charge in [0, 0.05) is 11.4 Å². The molecule has 0 aliphatic rings. The fourth-order valence-corrected chi connectivity index (χ4v) is 3.58. The second-order valence-corrected chi connectivity index (χ2v) is 7.83. The minimum atomic E-state index is 0.163. The van der Waals surface area contributed by atoms with E-state index in [0.29, 0.717) is 0 Å². The molecule has 21 heavy (non-hydrogen) atoms. The lowest BCUT2D eigenvalue weighted by molar-refractivity contribution is 0.604. The SMILES string of the molecule is CCNc1nc(-c2ccc(C(C)(C)C)s2)nc(CC)c1Br. The van der Waals surface area contributed by atoms with Crippen LogP contribution in [0.1, 0.15) is 45.2 Å². The van der Waals surface area contributed by atoms with E-state index in [1.165, 1.54) is 4.88 Å². The van der Waals surface area contributed by atoms with Crippen LogP contribution in [-0.2, 0) is 11.8 Å². The van der Waals surface area contributed by atoms with E-state index in [0.717, 1.165) is 39.7 Å². The van der Waals surface area contributed by atoms with Gasteiger partial charge in [-0.2, -0.15) is 0 Å². The largest absolute Gasteiger partial charge is 0.369 e. The standard InChI is InChI=1S/C16H22BrN3S/c1-6-10-13(17)15(18-7-2)20-14(19-10)11-8-9-12(21-11)16(3,4)5/h8-9H,6-7H2,1-5H3,(H,18,19,20). The molecule has 2 aromatic rings. The number of halogens is 1. The zero-order valence-corrected chi connectivity index (χ0v) is 15.7. The van der Waals surface area contributed by atoms with Gasteiger partial charge in [-0.1, -0.05) is 27.7 Å². The number of aromatic nitrogens is 2. The molecule has 2 heterocycles. The van der Waals surface area contributed by atoms with Gasteiger partial charge in [0.1, 0.15) is 5.82 Å². The van der Waals surface area contributed by atoms with Crippen LogP contribution in [0, 0.1) is 0 Å². The third-order valence-corrected chi connectivity index (χ3v) is 5.50. The van der Waals surface area contributed by atoms with Crippen molar-refractivity contribution in [2.75, 3.05) is 11.9 Å². The van der Waals surface area contributed by atoms with Crippen LogP contribution in [0.5, 0.6) is 0 Å². The summed E-state index contributed by atoms with van der Waals surface area (Å²) in [4.78, 5) is 11.9. The molecule has 0 bridgehead atoms. The second-order valence-electron chi connectivity index (χ2n) is 5.95. The first-order chi connectivity index (χ1) is 9.86. The summed E-state index contributed by atoms with van der Waals surface area (Å²) in [6.07, 6.45) is 0.881. The number of rotatable bonds is 4. The lowest BCUT2D eigenvalue weighted by atomic mass is 9.95. The number of hydrogen-bond acceptors (Lipinski definition) is 4. The number of anilines is 1. The Labute approximate surface area is 139 Å². The van der Waals surface area contributed by atoms with Crippen LogP contribution >= 0.6 is 27.3 Å². The van der Waals surface area contributed by atoms with Crippen LogP contribution in [-0.4, -0.2) is 16.5 Å². The van der Waals surface area contributed by atoms with Crippen LogP contribution in [0.3, 0.4) is 0 Å². The van der Waals surface area contributed by atoms with Crippen molar-refractivity contribution in [2.45, 2.75) is 46.5 Å². The number of nitrogens with zero attached hydrogens (tertiary/aromatic N) is 2. The van der Waals surface area contributed by atoms with Gasteiger partial charge in [-0.05, 0) is 46.8 Å². The maximum absolute atomic E-state index is 4.71. The summed E-state index contributed by atoms with van der Waals surface area (Å²) in [6, 6.07) is 4.31. The number of aryl methyl sites for hydroxylation is 1. The van der Waals surface area contributed by atoms with Crippen molar-refractivity contribution in [2.24, 2.45) is 0 Å². The van der Waals surface area contributed by atoms with E-state index in [9.17, 15) is 0 Å². The fourth-order valence-electron chi connectivity index (χ4n) is 1.98. The van der Waals surface area contributed by atoms with Gasteiger partial charge in [0.05, 0.1) is 15.0 Å². The maximum Gasteiger partial charge on any atom is 0.171 e. The quantitative estimate of drug-likeness (QED) is 0.800. The van der Waals surface area contributed by atoms with E-state index >= 15 is 0 Å².